The molecule has 0 spiro atoms. The Morgan fingerprint density at radius 2 is 2.00 bits per heavy atom. The number of H-pyrrole nitrogens is 1. The Hall–Kier alpha value is -4.27. The van der Waals surface area contributed by atoms with Crippen LogP contribution in [0.25, 0.3) is 33.1 Å². The van der Waals surface area contributed by atoms with Crippen LogP contribution in [0, 0.1) is 12.7 Å². The fourth-order valence-electron chi connectivity index (χ4n) is 4.12. The molecule has 5 rings (SSSR count). The van der Waals surface area contributed by atoms with Crippen molar-refractivity contribution in [2.24, 2.45) is 7.05 Å². The Morgan fingerprint density at radius 3 is 2.75 bits per heavy atom. The van der Waals surface area contributed by atoms with Gasteiger partial charge in [0.1, 0.15) is 17.0 Å². The van der Waals surface area contributed by atoms with E-state index in [-0.39, 0.29) is 23.4 Å². The first-order chi connectivity index (χ1) is 15.3. The summed E-state index contributed by atoms with van der Waals surface area (Å²) in [7, 11) is 1.78. The monoisotopic (exact) mass is 431 g/mol. The van der Waals surface area contributed by atoms with Crippen molar-refractivity contribution in [3.05, 3.63) is 81.7 Å². The zero-order valence-electron chi connectivity index (χ0n) is 17.3. The lowest BCUT2D eigenvalue weighted by atomic mass is 10.0. The van der Waals surface area contributed by atoms with E-state index in [1.807, 2.05) is 18.2 Å². The van der Waals surface area contributed by atoms with Crippen molar-refractivity contribution in [1.29, 1.82) is 0 Å². The molecule has 8 nitrogen and oxygen atoms in total. The molecule has 0 saturated heterocycles. The predicted octanol–water partition coefficient (Wildman–Crippen LogP) is 3.47. The second-order valence-electron chi connectivity index (χ2n) is 7.68. The molecule has 2 N–H and O–H groups in total. The first kappa shape index (κ1) is 19.7. The number of aromatic carboxylic acids is 1. The minimum Gasteiger partial charge on any atom is -0.477 e. The summed E-state index contributed by atoms with van der Waals surface area (Å²) >= 11 is 0. The number of aromatic amines is 1. The minimum absolute atomic E-state index is 0.0825. The normalized spacial score (nSPS) is 11.5. The number of halogens is 1. The summed E-state index contributed by atoms with van der Waals surface area (Å²) in [5, 5.41) is 18.7. The van der Waals surface area contributed by atoms with Crippen molar-refractivity contribution in [1.82, 2.24) is 24.5 Å². The van der Waals surface area contributed by atoms with Crippen LogP contribution in [0.2, 0.25) is 0 Å². The number of rotatable bonds is 4. The Kier molecular flexibility index (Phi) is 4.40. The average molecular weight is 431 g/mol. The second-order valence-corrected chi connectivity index (χ2v) is 7.68. The van der Waals surface area contributed by atoms with Crippen LogP contribution < -0.4 is 5.56 Å². The third-order valence-corrected chi connectivity index (χ3v) is 5.65. The lowest BCUT2D eigenvalue weighted by Gasteiger charge is -2.10. The zero-order valence-corrected chi connectivity index (χ0v) is 17.3. The number of benzene rings is 2. The summed E-state index contributed by atoms with van der Waals surface area (Å²) in [6, 6.07) is 11.6. The molecule has 0 radical (unpaired) electrons. The van der Waals surface area contributed by atoms with Gasteiger partial charge in [0.2, 0.25) is 0 Å². The number of aryl methyl sites for hydroxylation is 2. The van der Waals surface area contributed by atoms with E-state index in [0.717, 1.165) is 11.1 Å². The van der Waals surface area contributed by atoms with Gasteiger partial charge in [-0.25, -0.2) is 13.9 Å². The molecule has 0 fully saturated rings. The molecule has 3 heterocycles. The van der Waals surface area contributed by atoms with E-state index < -0.39 is 17.3 Å². The van der Waals surface area contributed by atoms with Crippen LogP contribution in [0.15, 0.2) is 53.5 Å². The van der Waals surface area contributed by atoms with Gasteiger partial charge in [-0.15, -0.1) is 5.10 Å². The van der Waals surface area contributed by atoms with E-state index in [1.165, 1.54) is 16.8 Å². The number of fused-ring (bicyclic) bond motifs is 2. The minimum atomic E-state index is -1.21. The molecule has 0 aliphatic heterocycles. The number of pyridine rings is 1. The van der Waals surface area contributed by atoms with Gasteiger partial charge in [-0.1, -0.05) is 11.3 Å². The lowest BCUT2D eigenvalue weighted by Crippen LogP contribution is -2.13. The largest absolute Gasteiger partial charge is 0.477 e. The molecule has 2 aromatic carbocycles. The molecule has 0 amide bonds. The van der Waals surface area contributed by atoms with Crippen LogP contribution in [0.5, 0.6) is 0 Å². The van der Waals surface area contributed by atoms with Gasteiger partial charge in [-0.05, 0) is 54.4 Å². The highest BCUT2D eigenvalue weighted by molar-refractivity contribution is 6.08. The summed E-state index contributed by atoms with van der Waals surface area (Å²) in [5.74, 6) is -1.66. The molecular weight excluding hydrogens is 413 g/mol. The number of carboxylic acid groups (broad SMARTS) is 1. The highest BCUT2D eigenvalue weighted by Gasteiger charge is 2.26. The molecular formula is C23H18FN5O3. The maximum absolute atomic E-state index is 14.6. The Bertz CT molecular complexity index is 1600. The molecule has 0 aliphatic rings. The Labute approximate surface area is 180 Å². The van der Waals surface area contributed by atoms with Crippen LogP contribution in [0.1, 0.15) is 21.6 Å². The quantitative estimate of drug-likeness (QED) is 0.453. The van der Waals surface area contributed by atoms with Gasteiger partial charge in [-0.2, -0.15) is 0 Å². The molecule has 9 heteroatoms. The van der Waals surface area contributed by atoms with Crippen LogP contribution in [0.3, 0.4) is 0 Å². The fourth-order valence-corrected chi connectivity index (χ4v) is 4.12. The molecule has 0 bridgehead atoms. The van der Waals surface area contributed by atoms with Gasteiger partial charge in [0, 0.05) is 36.3 Å². The zero-order chi connectivity index (χ0) is 22.6. The summed E-state index contributed by atoms with van der Waals surface area (Å²) in [6.07, 6.45) is 1.48. The van der Waals surface area contributed by atoms with Crippen molar-refractivity contribution in [3.63, 3.8) is 0 Å². The van der Waals surface area contributed by atoms with Gasteiger partial charge < -0.3 is 14.7 Å². The van der Waals surface area contributed by atoms with Crippen molar-refractivity contribution < 1.29 is 14.3 Å². The second kappa shape index (κ2) is 7.16. The van der Waals surface area contributed by atoms with Gasteiger partial charge in [0.25, 0.3) is 5.56 Å². The third kappa shape index (κ3) is 2.97. The lowest BCUT2D eigenvalue weighted by molar-refractivity contribution is 0.0687. The topological polar surface area (TPSA) is 106 Å². The number of nitrogens with zero attached hydrogens (tertiary/aromatic N) is 4. The molecule has 5 aromatic rings. The molecule has 3 aromatic heterocycles. The predicted molar refractivity (Wildman–Crippen MR) is 117 cm³/mol. The SMILES string of the molecule is Cc1cc2c(-c3ccc[nH]c3=O)c(C(=O)O)n(Cc3ccc4c(c3)nnn4C)c2cc1F. The maximum Gasteiger partial charge on any atom is 0.353 e. The van der Waals surface area contributed by atoms with E-state index in [0.29, 0.717) is 22.0 Å². The molecule has 0 aliphatic carbocycles. The molecule has 160 valence electrons. The number of aromatic nitrogens is 5. The number of carboxylic acids is 1. The van der Waals surface area contributed by atoms with Crippen molar-refractivity contribution >= 4 is 27.9 Å². The number of hydrogen-bond donors (Lipinski definition) is 2. The number of carbonyl (C=O) groups is 1. The summed E-state index contributed by atoms with van der Waals surface area (Å²) < 4.78 is 17.7. The summed E-state index contributed by atoms with van der Waals surface area (Å²) in [4.78, 5) is 27.6. The first-order valence-electron chi connectivity index (χ1n) is 9.87. The van der Waals surface area contributed by atoms with Crippen LogP contribution in [-0.2, 0) is 13.6 Å². The molecule has 32 heavy (non-hydrogen) atoms. The first-order valence-corrected chi connectivity index (χ1v) is 9.87. The van der Waals surface area contributed by atoms with Crippen LogP contribution in [0.4, 0.5) is 4.39 Å². The van der Waals surface area contributed by atoms with Crippen LogP contribution in [-0.4, -0.2) is 35.6 Å². The third-order valence-electron chi connectivity index (χ3n) is 5.65. The smallest absolute Gasteiger partial charge is 0.353 e. The molecule has 0 saturated carbocycles. The number of nitrogens with one attached hydrogen (secondary N) is 1. The average Bonchev–Trinajstić information content (AvgIpc) is 3.27. The maximum atomic E-state index is 14.6. The van der Waals surface area contributed by atoms with Crippen molar-refractivity contribution in [3.8, 4) is 11.1 Å². The highest BCUT2D eigenvalue weighted by Crippen LogP contribution is 2.35. The molecule has 0 unspecified atom stereocenters. The van der Waals surface area contributed by atoms with Gasteiger partial charge >= 0.3 is 5.97 Å². The van der Waals surface area contributed by atoms with Gasteiger partial charge in [-0.3, -0.25) is 4.79 Å². The standard InChI is InChI=1S/C23H18FN5O3/c1-12-8-15-19(10-16(12)24)29(11-13-5-6-18-17(9-13)26-27-28(18)2)21(23(31)32)20(15)14-4-3-7-25-22(14)30/h3-10H,11H2,1-2H3,(H,25,30)(H,31,32). The van der Waals surface area contributed by atoms with Gasteiger partial charge in [0.05, 0.1) is 11.0 Å². The summed E-state index contributed by atoms with van der Waals surface area (Å²) in [5.41, 5.74) is 3.00. The Balaban J connectivity index is 1.82. The van der Waals surface area contributed by atoms with E-state index >= 15 is 0 Å². The van der Waals surface area contributed by atoms with E-state index in [1.54, 1.807) is 36.9 Å². The van der Waals surface area contributed by atoms with Crippen molar-refractivity contribution in [2.45, 2.75) is 13.5 Å². The van der Waals surface area contributed by atoms with Gasteiger partial charge in [0.15, 0.2) is 0 Å². The fraction of sp³-hybridized carbons (Fsp3) is 0.130. The number of hydrogen-bond acceptors (Lipinski definition) is 4. The van der Waals surface area contributed by atoms with E-state index in [2.05, 4.69) is 15.3 Å². The summed E-state index contributed by atoms with van der Waals surface area (Å²) in [6.45, 7) is 1.76. The van der Waals surface area contributed by atoms with Crippen molar-refractivity contribution in [2.75, 3.05) is 0 Å². The highest BCUT2D eigenvalue weighted by atomic mass is 19.1. The van der Waals surface area contributed by atoms with E-state index in [9.17, 15) is 19.1 Å². The van der Waals surface area contributed by atoms with E-state index in [4.69, 9.17) is 0 Å². The van der Waals surface area contributed by atoms with Crippen LogP contribution >= 0.6 is 0 Å². The Morgan fingerprint density at radius 1 is 1.19 bits per heavy atom. The molecule has 0 atom stereocenters.